The second kappa shape index (κ2) is 10.9. The van der Waals surface area contributed by atoms with Crippen molar-refractivity contribution < 1.29 is 13.9 Å². The number of ether oxygens (including phenoxy) is 1. The molecule has 0 fully saturated rings. The van der Waals surface area contributed by atoms with Crippen molar-refractivity contribution in [2.75, 3.05) is 18.2 Å². The van der Waals surface area contributed by atoms with Crippen LogP contribution >= 0.6 is 34.7 Å². The summed E-state index contributed by atoms with van der Waals surface area (Å²) in [6, 6.07) is 6.65. The van der Waals surface area contributed by atoms with Crippen molar-refractivity contribution in [3.05, 3.63) is 52.7 Å². The molecule has 1 aromatic carbocycles. The molecule has 4 rings (SSSR count). The SMILES string of the molecule is COc1ccc(Cl)c(F)c1-c1cc(C)ncc1C(=O)Nc1nc2cnc(SCCCC#N)nc2s1. The van der Waals surface area contributed by atoms with E-state index in [-0.39, 0.29) is 21.9 Å². The van der Waals surface area contributed by atoms with Crippen LogP contribution in [0.15, 0.2) is 35.7 Å². The average molecular weight is 529 g/mol. The Balaban J connectivity index is 1.63. The summed E-state index contributed by atoms with van der Waals surface area (Å²) in [4.78, 5) is 31.2. The van der Waals surface area contributed by atoms with E-state index in [0.717, 1.165) is 12.2 Å². The van der Waals surface area contributed by atoms with Crippen molar-refractivity contribution in [1.29, 1.82) is 5.26 Å². The van der Waals surface area contributed by atoms with Gasteiger partial charge in [-0.05, 0) is 31.5 Å². The minimum absolute atomic E-state index is 0.0730. The molecule has 0 saturated heterocycles. The number of thioether (sulfide) groups is 1. The lowest BCUT2D eigenvalue weighted by atomic mass is 9.98. The topological polar surface area (TPSA) is 114 Å². The van der Waals surface area contributed by atoms with Crippen LogP contribution < -0.4 is 10.1 Å². The fourth-order valence-electron chi connectivity index (χ4n) is 3.22. The van der Waals surface area contributed by atoms with Crippen molar-refractivity contribution in [2.45, 2.75) is 24.9 Å². The summed E-state index contributed by atoms with van der Waals surface area (Å²) in [6.45, 7) is 1.74. The smallest absolute Gasteiger partial charge is 0.259 e. The molecule has 35 heavy (non-hydrogen) atoms. The second-order valence-electron chi connectivity index (χ2n) is 7.24. The number of hydrogen-bond acceptors (Lipinski definition) is 9. The molecule has 4 aromatic rings. The van der Waals surface area contributed by atoms with Crippen molar-refractivity contribution >= 4 is 56.1 Å². The largest absolute Gasteiger partial charge is 0.496 e. The molecule has 1 amide bonds. The summed E-state index contributed by atoms with van der Waals surface area (Å²) >= 11 is 8.67. The molecule has 0 bridgehead atoms. The number of aryl methyl sites for hydroxylation is 1. The van der Waals surface area contributed by atoms with Crippen LogP contribution in [0, 0.1) is 24.1 Å². The van der Waals surface area contributed by atoms with Crippen LogP contribution in [0.1, 0.15) is 28.9 Å². The van der Waals surface area contributed by atoms with E-state index < -0.39 is 11.7 Å². The van der Waals surface area contributed by atoms with Gasteiger partial charge >= 0.3 is 0 Å². The van der Waals surface area contributed by atoms with Crippen molar-refractivity contribution in [3.63, 3.8) is 0 Å². The highest BCUT2D eigenvalue weighted by atomic mass is 35.5. The van der Waals surface area contributed by atoms with Crippen LogP contribution in [0.5, 0.6) is 5.75 Å². The Hall–Kier alpha value is -3.33. The molecule has 3 heterocycles. The minimum Gasteiger partial charge on any atom is -0.496 e. The number of pyridine rings is 1. The monoisotopic (exact) mass is 528 g/mol. The van der Waals surface area contributed by atoms with Crippen molar-refractivity contribution in [2.24, 2.45) is 0 Å². The summed E-state index contributed by atoms with van der Waals surface area (Å²) in [5, 5.41) is 12.2. The van der Waals surface area contributed by atoms with Gasteiger partial charge in [-0.15, -0.1) is 0 Å². The number of nitrogens with one attached hydrogen (secondary N) is 1. The van der Waals surface area contributed by atoms with Gasteiger partial charge in [-0.25, -0.2) is 19.3 Å². The first kappa shape index (κ1) is 24.8. The number of aromatic nitrogens is 4. The maximum Gasteiger partial charge on any atom is 0.259 e. The number of benzene rings is 1. The number of unbranched alkanes of at least 4 members (excludes halogenated alkanes) is 1. The number of nitrogens with zero attached hydrogens (tertiary/aromatic N) is 5. The van der Waals surface area contributed by atoms with E-state index in [0.29, 0.717) is 38.3 Å². The Labute approximate surface area is 213 Å². The number of halogens is 2. The summed E-state index contributed by atoms with van der Waals surface area (Å²) in [5.41, 5.74) is 1.63. The standard InChI is InChI=1S/C23H18ClFN6O2S2/c1-12-9-13(18-17(33-2)6-5-15(24)19(18)25)14(10-27-12)20(32)30-23-29-16-11-28-22(31-21(16)35-23)34-8-4-3-7-26/h5-6,9-11H,3-4,8H2,1-2H3,(H,29,30,32). The van der Waals surface area contributed by atoms with Crippen LogP contribution in [0.2, 0.25) is 5.02 Å². The number of anilines is 1. The number of amides is 1. The maximum absolute atomic E-state index is 15.0. The lowest BCUT2D eigenvalue weighted by Crippen LogP contribution is -2.14. The first-order valence-corrected chi connectivity index (χ1v) is 12.5. The molecule has 178 valence electrons. The Morgan fingerprint density at radius 3 is 2.91 bits per heavy atom. The number of rotatable bonds is 8. The second-order valence-corrected chi connectivity index (χ2v) is 9.68. The highest BCUT2D eigenvalue weighted by Gasteiger charge is 2.23. The lowest BCUT2D eigenvalue weighted by Gasteiger charge is -2.14. The van der Waals surface area contributed by atoms with Gasteiger partial charge in [0.05, 0.1) is 35.5 Å². The fourth-order valence-corrected chi connectivity index (χ4v) is 5.00. The molecular weight excluding hydrogens is 511 g/mol. The van der Waals surface area contributed by atoms with E-state index in [9.17, 15) is 4.79 Å². The Bertz CT molecular complexity index is 1460. The molecule has 0 saturated carbocycles. The molecule has 1 N–H and O–H groups in total. The van der Waals surface area contributed by atoms with Gasteiger partial charge in [-0.1, -0.05) is 34.7 Å². The van der Waals surface area contributed by atoms with E-state index in [2.05, 4.69) is 31.3 Å². The van der Waals surface area contributed by atoms with Gasteiger partial charge in [-0.2, -0.15) is 5.26 Å². The van der Waals surface area contributed by atoms with Crippen LogP contribution in [0.3, 0.4) is 0 Å². The minimum atomic E-state index is -0.694. The van der Waals surface area contributed by atoms with Gasteiger partial charge in [0.1, 0.15) is 16.1 Å². The zero-order valence-electron chi connectivity index (χ0n) is 18.6. The quantitative estimate of drug-likeness (QED) is 0.171. The van der Waals surface area contributed by atoms with E-state index in [1.165, 1.54) is 42.5 Å². The first-order valence-electron chi connectivity index (χ1n) is 10.3. The molecule has 0 radical (unpaired) electrons. The van der Waals surface area contributed by atoms with Gasteiger partial charge in [-0.3, -0.25) is 15.1 Å². The third kappa shape index (κ3) is 5.51. The highest BCUT2D eigenvalue weighted by Crippen LogP contribution is 2.38. The number of carbonyl (C=O) groups excluding carboxylic acids is 1. The van der Waals surface area contributed by atoms with E-state index in [1.54, 1.807) is 25.3 Å². The normalized spacial score (nSPS) is 10.8. The number of thiazole rings is 1. The number of nitriles is 1. The van der Waals surface area contributed by atoms with Gasteiger partial charge in [0.15, 0.2) is 16.1 Å². The third-order valence-corrected chi connectivity index (χ3v) is 6.96. The van der Waals surface area contributed by atoms with Gasteiger partial charge in [0.2, 0.25) is 0 Å². The summed E-state index contributed by atoms with van der Waals surface area (Å²) < 4.78 is 20.4. The molecule has 0 spiro atoms. The first-order chi connectivity index (χ1) is 16.9. The van der Waals surface area contributed by atoms with Crippen LogP contribution in [-0.4, -0.2) is 38.7 Å². The molecule has 0 aliphatic heterocycles. The average Bonchev–Trinajstić information content (AvgIpc) is 3.24. The zero-order chi connectivity index (χ0) is 24.9. The Kier molecular flexibility index (Phi) is 7.75. The number of fused-ring (bicyclic) bond motifs is 1. The van der Waals surface area contributed by atoms with E-state index in [4.69, 9.17) is 21.6 Å². The summed E-state index contributed by atoms with van der Waals surface area (Å²) in [7, 11) is 1.41. The number of carbonyl (C=O) groups is 1. The number of hydrogen-bond donors (Lipinski definition) is 1. The molecule has 12 heteroatoms. The summed E-state index contributed by atoms with van der Waals surface area (Å²) in [6.07, 6.45) is 4.19. The van der Waals surface area contributed by atoms with Crippen LogP contribution in [-0.2, 0) is 0 Å². The van der Waals surface area contributed by atoms with Crippen LogP contribution in [0.25, 0.3) is 21.5 Å². The van der Waals surface area contributed by atoms with E-state index >= 15 is 4.39 Å². The Morgan fingerprint density at radius 2 is 2.14 bits per heavy atom. The number of methoxy groups -OCH3 is 1. The lowest BCUT2D eigenvalue weighted by molar-refractivity contribution is 0.102. The maximum atomic E-state index is 15.0. The van der Waals surface area contributed by atoms with Crippen molar-refractivity contribution in [3.8, 4) is 22.9 Å². The van der Waals surface area contributed by atoms with Crippen molar-refractivity contribution in [1.82, 2.24) is 19.9 Å². The zero-order valence-corrected chi connectivity index (χ0v) is 21.0. The molecule has 0 aliphatic rings. The predicted molar refractivity (Wildman–Crippen MR) is 135 cm³/mol. The van der Waals surface area contributed by atoms with Crippen LogP contribution in [0.4, 0.5) is 9.52 Å². The van der Waals surface area contributed by atoms with Gasteiger partial charge in [0.25, 0.3) is 5.91 Å². The predicted octanol–water partition coefficient (Wildman–Crippen LogP) is 5.91. The molecule has 0 atom stereocenters. The molecule has 3 aromatic heterocycles. The molecular formula is C23H18ClFN6O2S2. The van der Waals surface area contributed by atoms with Gasteiger partial charge < -0.3 is 4.74 Å². The van der Waals surface area contributed by atoms with Gasteiger partial charge in [0, 0.05) is 29.6 Å². The highest BCUT2D eigenvalue weighted by molar-refractivity contribution is 7.99. The molecule has 0 unspecified atom stereocenters. The molecule has 8 nitrogen and oxygen atoms in total. The van der Waals surface area contributed by atoms with E-state index in [1.807, 2.05) is 0 Å². The molecule has 0 aliphatic carbocycles. The summed E-state index contributed by atoms with van der Waals surface area (Å²) in [5.74, 6) is -0.247. The fraction of sp³-hybridized carbons (Fsp3) is 0.217. The third-order valence-electron chi connectivity index (χ3n) is 4.84. The Morgan fingerprint density at radius 1 is 1.31 bits per heavy atom.